The number of aryl methyl sites for hydroxylation is 2. The van der Waals surface area contributed by atoms with E-state index in [1.165, 1.54) is 24.1 Å². The highest BCUT2D eigenvalue weighted by molar-refractivity contribution is 6.25. The van der Waals surface area contributed by atoms with Gasteiger partial charge in [0.25, 0.3) is 11.8 Å². The van der Waals surface area contributed by atoms with Crippen LogP contribution in [-0.2, 0) is 20.9 Å². The van der Waals surface area contributed by atoms with Crippen molar-refractivity contribution in [3.05, 3.63) is 58.7 Å². The summed E-state index contributed by atoms with van der Waals surface area (Å²) in [6.07, 6.45) is 0. The van der Waals surface area contributed by atoms with E-state index >= 15 is 0 Å². The molecule has 31 heavy (non-hydrogen) atoms. The maximum atomic E-state index is 13.2. The van der Waals surface area contributed by atoms with Crippen LogP contribution in [0.1, 0.15) is 27.0 Å². The van der Waals surface area contributed by atoms with E-state index in [1.807, 2.05) is 26.0 Å². The number of benzene rings is 2. The van der Waals surface area contributed by atoms with Gasteiger partial charge in [-0.05, 0) is 55.3 Å². The molecule has 0 spiro atoms. The molecule has 4 rings (SSSR count). The lowest BCUT2D eigenvalue weighted by atomic mass is 10.1. The smallest absolute Gasteiger partial charge is 0.337 e. The zero-order chi connectivity index (χ0) is 22.3. The first-order valence-electron chi connectivity index (χ1n) is 9.73. The topological polar surface area (TPSA) is 101 Å². The maximum absolute atomic E-state index is 13.2. The number of ether oxygens (including phenoxy) is 2. The Morgan fingerprint density at radius 3 is 2.48 bits per heavy atom. The van der Waals surface area contributed by atoms with Crippen molar-refractivity contribution in [2.45, 2.75) is 32.5 Å². The van der Waals surface area contributed by atoms with Crippen LogP contribution in [0.4, 0.5) is 5.69 Å². The largest absolute Gasteiger partial charge is 0.496 e. The average molecular weight is 422 g/mol. The van der Waals surface area contributed by atoms with Crippen molar-refractivity contribution in [1.82, 2.24) is 5.01 Å². The van der Waals surface area contributed by atoms with Crippen LogP contribution in [0.2, 0.25) is 0 Å². The number of amides is 2. The summed E-state index contributed by atoms with van der Waals surface area (Å²) in [7, 11) is 2.81. The molecule has 9 nitrogen and oxygen atoms in total. The van der Waals surface area contributed by atoms with Gasteiger partial charge in [0.15, 0.2) is 12.1 Å². The average Bonchev–Trinajstić information content (AvgIpc) is 3.29. The van der Waals surface area contributed by atoms with Crippen molar-refractivity contribution in [1.29, 1.82) is 0 Å². The molecule has 2 aromatic carbocycles. The Kier molecular flexibility index (Phi) is 5.18. The lowest BCUT2D eigenvalue weighted by molar-refractivity contribution is -0.123. The first kappa shape index (κ1) is 20.5. The van der Waals surface area contributed by atoms with Gasteiger partial charge in [-0.25, -0.2) is 9.69 Å². The SMILES string of the molecule is COC(=O)c1ccc(OC)c(CN2N=N[C@H]3C(=O)N(c4ccc(C)c(C)c4)C(=O)[C@@H]32)c1. The number of fused-ring (bicyclic) bond motifs is 1. The van der Waals surface area contributed by atoms with Gasteiger partial charge in [-0.1, -0.05) is 11.3 Å². The molecule has 2 aromatic rings. The van der Waals surface area contributed by atoms with Crippen LogP contribution in [0.3, 0.4) is 0 Å². The van der Waals surface area contributed by atoms with Crippen molar-refractivity contribution in [2.75, 3.05) is 19.1 Å². The number of imide groups is 1. The molecule has 0 N–H and O–H groups in total. The molecule has 2 heterocycles. The van der Waals surface area contributed by atoms with Gasteiger partial charge in [0.05, 0.1) is 32.0 Å². The summed E-state index contributed by atoms with van der Waals surface area (Å²) in [5.74, 6) is -0.752. The Morgan fingerprint density at radius 1 is 1.03 bits per heavy atom. The number of carbonyl (C=O) groups is 3. The van der Waals surface area contributed by atoms with Crippen molar-refractivity contribution < 1.29 is 23.9 Å². The first-order chi connectivity index (χ1) is 14.8. The molecular formula is C22H22N4O5. The highest BCUT2D eigenvalue weighted by Crippen LogP contribution is 2.34. The predicted molar refractivity (Wildman–Crippen MR) is 111 cm³/mol. The summed E-state index contributed by atoms with van der Waals surface area (Å²) in [4.78, 5) is 39.2. The van der Waals surface area contributed by atoms with Crippen LogP contribution in [0.5, 0.6) is 5.75 Å². The van der Waals surface area contributed by atoms with Gasteiger partial charge >= 0.3 is 5.97 Å². The van der Waals surface area contributed by atoms with Crippen LogP contribution in [-0.4, -0.2) is 49.1 Å². The Bertz CT molecular complexity index is 1110. The molecular weight excluding hydrogens is 400 g/mol. The van der Waals surface area contributed by atoms with Crippen LogP contribution >= 0.6 is 0 Å². The van der Waals surface area contributed by atoms with E-state index in [9.17, 15) is 14.4 Å². The fraction of sp³-hybridized carbons (Fsp3) is 0.318. The van der Waals surface area contributed by atoms with Crippen LogP contribution in [0.15, 0.2) is 46.7 Å². The van der Waals surface area contributed by atoms with Crippen LogP contribution < -0.4 is 9.64 Å². The molecule has 2 aliphatic heterocycles. The monoisotopic (exact) mass is 422 g/mol. The molecule has 9 heteroatoms. The van der Waals surface area contributed by atoms with E-state index in [-0.39, 0.29) is 12.5 Å². The molecule has 2 aliphatic rings. The summed E-state index contributed by atoms with van der Waals surface area (Å²) >= 11 is 0. The second-order valence-corrected chi connectivity index (χ2v) is 7.49. The molecule has 0 radical (unpaired) electrons. The summed E-state index contributed by atoms with van der Waals surface area (Å²) < 4.78 is 10.2. The first-order valence-corrected chi connectivity index (χ1v) is 9.73. The maximum Gasteiger partial charge on any atom is 0.337 e. The lowest BCUT2D eigenvalue weighted by Crippen LogP contribution is -2.39. The number of anilines is 1. The minimum absolute atomic E-state index is 0.137. The lowest BCUT2D eigenvalue weighted by Gasteiger charge is -2.22. The third-order valence-electron chi connectivity index (χ3n) is 5.64. The second-order valence-electron chi connectivity index (χ2n) is 7.49. The number of rotatable bonds is 5. The van der Waals surface area contributed by atoms with Crippen molar-refractivity contribution >= 4 is 23.5 Å². The Morgan fingerprint density at radius 2 is 1.81 bits per heavy atom. The van der Waals surface area contributed by atoms with E-state index in [1.54, 1.807) is 24.3 Å². The minimum Gasteiger partial charge on any atom is -0.496 e. The van der Waals surface area contributed by atoms with Crippen molar-refractivity contribution in [3.63, 3.8) is 0 Å². The third-order valence-corrected chi connectivity index (χ3v) is 5.64. The highest BCUT2D eigenvalue weighted by Gasteiger charge is 2.54. The summed E-state index contributed by atoms with van der Waals surface area (Å²) in [6.45, 7) is 4.03. The van der Waals surface area contributed by atoms with Gasteiger partial charge in [0.1, 0.15) is 5.75 Å². The third kappa shape index (κ3) is 3.41. The van der Waals surface area contributed by atoms with E-state index in [0.717, 1.165) is 11.1 Å². The van der Waals surface area contributed by atoms with Gasteiger partial charge in [-0.15, -0.1) is 0 Å². The van der Waals surface area contributed by atoms with E-state index < -0.39 is 24.0 Å². The number of methoxy groups -OCH3 is 2. The normalized spacial score (nSPS) is 19.7. The van der Waals surface area contributed by atoms with E-state index in [4.69, 9.17) is 9.47 Å². The van der Waals surface area contributed by atoms with Gasteiger partial charge in [-0.3, -0.25) is 14.6 Å². The Labute approximate surface area is 179 Å². The zero-order valence-corrected chi connectivity index (χ0v) is 17.7. The van der Waals surface area contributed by atoms with Gasteiger partial charge in [0.2, 0.25) is 0 Å². The molecule has 2 amide bonds. The summed E-state index contributed by atoms with van der Waals surface area (Å²) in [5.41, 5.74) is 3.54. The molecule has 0 bridgehead atoms. The van der Waals surface area contributed by atoms with Crippen LogP contribution in [0.25, 0.3) is 0 Å². The van der Waals surface area contributed by atoms with E-state index in [0.29, 0.717) is 22.6 Å². The number of hydrogen-bond donors (Lipinski definition) is 0. The molecule has 160 valence electrons. The van der Waals surface area contributed by atoms with Crippen LogP contribution in [0, 0.1) is 13.8 Å². The van der Waals surface area contributed by atoms with Crippen molar-refractivity contribution in [3.8, 4) is 5.75 Å². The van der Waals surface area contributed by atoms with Gasteiger partial charge < -0.3 is 9.47 Å². The Hall–Kier alpha value is -3.75. The molecule has 0 aliphatic carbocycles. The number of carbonyl (C=O) groups excluding carboxylic acids is 3. The van der Waals surface area contributed by atoms with Crippen molar-refractivity contribution in [2.24, 2.45) is 10.3 Å². The fourth-order valence-electron chi connectivity index (χ4n) is 3.79. The van der Waals surface area contributed by atoms with Gasteiger partial charge in [0, 0.05) is 5.56 Å². The standard InChI is InChI=1S/C22H22N4O5/c1-12-5-7-16(9-13(12)2)26-20(27)18-19(21(26)28)25(24-23-18)11-15-10-14(22(29)31-4)6-8-17(15)30-3/h5-10,18-19H,11H2,1-4H3/t18-,19-/m1/s1. The second kappa shape index (κ2) is 7.82. The minimum atomic E-state index is -0.899. The molecule has 1 fully saturated rings. The Balaban J connectivity index is 1.63. The molecule has 0 aromatic heterocycles. The number of nitrogens with zero attached hydrogens (tertiary/aromatic N) is 4. The van der Waals surface area contributed by atoms with E-state index in [2.05, 4.69) is 10.3 Å². The number of hydrogen-bond acceptors (Lipinski definition) is 8. The molecule has 0 saturated carbocycles. The molecule has 0 unspecified atom stereocenters. The number of esters is 1. The quantitative estimate of drug-likeness (QED) is 0.542. The summed E-state index contributed by atoms with van der Waals surface area (Å²) in [6, 6.07) is 8.56. The zero-order valence-electron chi connectivity index (χ0n) is 17.7. The fourth-order valence-corrected chi connectivity index (χ4v) is 3.79. The summed E-state index contributed by atoms with van der Waals surface area (Å²) in [5, 5.41) is 9.59. The van der Waals surface area contributed by atoms with Gasteiger partial charge in [-0.2, -0.15) is 5.11 Å². The molecule has 1 saturated heterocycles. The highest BCUT2D eigenvalue weighted by atomic mass is 16.5. The predicted octanol–water partition coefficient (Wildman–Crippen LogP) is 2.59. The molecule has 2 atom stereocenters.